The topological polar surface area (TPSA) is 73.7 Å². The smallest absolute Gasteiger partial charge is 0.325 e. The van der Waals surface area contributed by atoms with Gasteiger partial charge in [-0.2, -0.15) is 0 Å². The van der Waals surface area contributed by atoms with E-state index in [-0.39, 0.29) is 12.1 Å². The Morgan fingerprint density at radius 3 is 2.52 bits per heavy atom. The zero-order valence-electron chi connectivity index (χ0n) is 13.6. The van der Waals surface area contributed by atoms with E-state index in [4.69, 9.17) is 9.79 Å². The van der Waals surface area contributed by atoms with E-state index < -0.39 is 7.60 Å². The highest BCUT2D eigenvalue weighted by Crippen LogP contribution is 2.40. The fourth-order valence-corrected chi connectivity index (χ4v) is 4.40. The largest absolute Gasteiger partial charge is 0.371 e. The molecule has 0 saturated carbocycles. The maximum absolute atomic E-state index is 11.2. The van der Waals surface area contributed by atoms with Crippen molar-refractivity contribution in [3.05, 3.63) is 35.5 Å². The first kappa shape index (κ1) is 16.4. The number of aromatic nitrogens is 1. The predicted octanol–water partition coefficient (Wildman–Crippen LogP) is 3.25. The van der Waals surface area contributed by atoms with E-state index in [1.807, 2.05) is 12.3 Å². The zero-order valence-corrected chi connectivity index (χ0v) is 14.5. The lowest BCUT2D eigenvalue weighted by atomic mass is 9.97. The number of piperidine rings is 1. The first-order valence-corrected chi connectivity index (χ1v) is 9.79. The van der Waals surface area contributed by atoms with Crippen LogP contribution in [-0.4, -0.2) is 34.0 Å². The first-order valence-electron chi connectivity index (χ1n) is 7.99. The number of rotatable bonds is 3. The van der Waals surface area contributed by atoms with E-state index in [1.54, 1.807) is 0 Å². The molecule has 0 amide bonds. The second-order valence-corrected chi connectivity index (χ2v) is 8.26. The van der Waals surface area contributed by atoms with Crippen LogP contribution in [0.4, 0.5) is 5.69 Å². The Balaban J connectivity index is 1.82. The summed E-state index contributed by atoms with van der Waals surface area (Å²) >= 11 is 0. The number of fused-ring (bicyclic) bond motifs is 1. The van der Waals surface area contributed by atoms with Crippen molar-refractivity contribution in [2.24, 2.45) is 5.92 Å². The average molecular weight is 334 g/mol. The highest BCUT2D eigenvalue weighted by atomic mass is 31.2. The van der Waals surface area contributed by atoms with Crippen LogP contribution in [-0.2, 0) is 4.57 Å². The minimum atomic E-state index is -3.91. The van der Waals surface area contributed by atoms with Gasteiger partial charge in [0.2, 0.25) is 0 Å². The molecule has 5 nitrogen and oxygen atoms in total. The molecule has 0 aliphatic carbocycles. The molecule has 2 heterocycles. The van der Waals surface area contributed by atoms with E-state index in [1.165, 1.54) is 16.8 Å². The van der Waals surface area contributed by atoms with Crippen LogP contribution < -0.4 is 4.90 Å². The van der Waals surface area contributed by atoms with Gasteiger partial charge in [-0.1, -0.05) is 0 Å². The van der Waals surface area contributed by atoms with E-state index in [9.17, 15) is 4.57 Å². The van der Waals surface area contributed by atoms with Gasteiger partial charge in [-0.05, 0) is 61.9 Å². The number of benzene rings is 1. The van der Waals surface area contributed by atoms with Gasteiger partial charge in [0.05, 0.1) is 11.7 Å². The molecule has 6 heteroatoms. The molecule has 0 radical (unpaired) electrons. The Hall–Kier alpha value is -1.42. The SMILES string of the molecule is Cc1cc2nccc(N3CCC(CP(=O)(O)O)CC3)c2cc1C. The van der Waals surface area contributed by atoms with Crippen LogP contribution in [0, 0.1) is 19.8 Å². The van der Waals surface area contributed by atoms with Crippen LogP contribution in [0.25, 0.3) is 10.9 Å². The summed E-state index contributed by atoms with van der Waals surface area (Å²) in [5, 5.41) is 1.16. The van der Waals surface area contributed by atoms with Crippen molar-refractivity contribution < 1.29 is 14.4 Å². The molecule has 2 aromatic rings. The number of anilines is 1. The number of pyridine rings is 1. The van der Waals surface area contributed by atoms with Crippen molar-refractivity contribution >= 4 is 24.2 Å². The van der Waals surface area contributed by atoms with Crippen LogP contribution in [0.1, 0.15) is 24.0 Å². The van der Waals surface area contributed by atoms with Crippen molar-refractivity contribution in [2.45, 2.75) is 26.7 Å². The molecule has 1 aliphatic rings. The van der Waals surface area contributed by atoms with Gasteiger partial charge in [0.25, 0.3) is 0 Å². The number of nitrogens with zero attached hydrogens (tertiary/aromatic N) is 2. The van der Waals surface area contributed by atoms with Crippen LogP contribution in [0.15, 0.2) is 24.4 Å². The maximum Gasteiger partial charge on any atom is 0.325 e. The third-order valence-corrected chi connectivity index (χ3v) is 5.78. The van der Waals surface area contributed by atoms with E-state index in [2.05, 4.69) is 35.9 Å². The van der Waals surface area contributed by atoms with Gasteiger partial charge < -0.3 is 14.7 Å². The Bertz CT molecular complexity index is 764. The predicted molar refractivity (Wildman–Crippen MR) is 93.1 cm³/mol. The van der Waals surface area contributed by atoms with Crippen LogP contribution in [0.2, 0.25) is 0 Å². The van der Waals surface area contributed by atoms with E-state index in [0.29, 0.717) is 0 Å². The van der Waals surface area contributed by atoms with Crippen LogP contribution >= 0.6 is 7.60 Å². The summed E-state index contributed by atoms with van der Waals surface area (Å²) in [4.78, 5) is 25.1. The summed E-state index contributed by atoms with van der Waals surface area (Å²) < 4.78 is 11.2. The lowest BCUT2D eigenvalue weighted by Crippen LogP contribution is -2.34. The highest BCUT2D eigenvalue weighted by molar-refractivity contribution is 7.51. The van der Waals surface area contributed by atoms with Crippen molar-refractivity contribution in [1.82, 2.24) is 4.98 Å². The molecule has 0 unspecified atom stereocenters. The fraction of sp³-hybridized carbons (Fsp3) is 0.471. The van der Waals surface area contributed by atoms with Gasteiger partial charge in [0.15, 0.2) is 0 Å². The van der Waals surface area contributed by atoms with Crippen molar-refractivity contribution in [1.29, 1.82) is 0 Å². The Kier molecular flexibility index (Phi) is 4.45. The molecule has 23 heavy (non-hydrogen) atoms. The molecule has 1 aromatic heterocycles. The molecule has 0 bridgehead atoms. The molecule has 2 N–H and O–H groups in total. The van der Waals surface area contributed by atoms with E-state index in [0.717, 1.165) is 36.8 Å². The van der Waals surface area contributed by atoms with Crippen LogP contribution in [0.5, 0.6) is 0 Å². The molecule has 0 atom stereocenters. The summed E-state index contributed by atoms with van der Waals surface area (Å²) in [5.74, 6) is 0.115. The molecule has 1 fully saturated rings. The summed E-state index contributed by atoms with van der Waals surface area (Å²) in [6, 6.07) is 6.35. The normalized spacial score (nSPS) is 17.0. The summed E-state index contributed by atoms with van der Waals surface area (Å²) in [6.07, 6.45) is 3.49. The van der Waals surface area contributed by atoms with Gasteiger partial charge in [-0.15, -0.1) is 0 Å². The first-order chi connectivity index (χ1) is 10.8. The number of hydrogen-bond acceptors (Lipinski definition) is 3. The quantitative estimate of drug-likeness (QED) is 0.843. The Labute approximate surface area is 136 Å². The minimum Gasteiger partial charge on any atom is -0.371 e. The van der Waals surface area contributed by atoms with Crippen LogP contribution in [0.3, 0.4) is 0 Å². The third-order valence-electron chi connectivity index (χ3n) is 4.79. The van der Waals surface area contributed by atoms with Crippen molar-refractivity contribution in [2.75, 3.05) is 24.2 Å². The zero-order chi connectivity index (χ0) is 16.6. The molecule has 1 aliphatic heterocycles. The third kappa shape index (κ3) is 3.74. The molecular formula is C17H23N2O3P. The van der Waals surface area contributed by atoms with Gasteiger partial charge >= 0.3 is 7.60 Å². The second-order valence-electron chi connectivity index (χ2n) is 6.56. The average Bonchev–Trinajstić information content (AvgIpc) is 2.47. The standard InChI is InChI=1S/C17H23N2O3P/c1-12-9-15-16(10-13(12)2)18-6-3-17(15)19-7-4-14(5-8-19)11-23(20,21)22/h3,6,9-10,14H,4-5,7-8,11H2,1-2H3,(H2,20,21,22). The summed E-state index contributed by atoms with van der Waals surface area (Å²) in [6.45, 7) is 5.86. The number of aryl methyl sites for hydroxylation is 2. The lowest BCUT2D eigenvalue weighted by molar-refractivity contribution is 0.347. The van der Waals surface area contributed by atoms with Crippen molar-refractivity contribution in [3.63, 3.8) is 0 Å². The molecule has 0 spiro atoms. The minimum absolute atomic E-state index is 0.0102. The summed E-state index contributed by atoms with van der Waals surface area (Å²) in [7, 11) is -3.91. The monoisotopic (exact) mass is 334 g/mol. The Morgan fingerprint density at radius 2 is 1.87 bits per heavy atom. The second kappa shape index (κ2) is 6.23. The Morgan fingerprint density at radius 1 is 1.22 bits per heavy atom. The highest BCUT2D eigenvalue weighted by Gasteiger charge is 2.26. The fourth-order valence-electron chi connectivity index (χ4n) is 3.36. The lowest BCUT2D eigenvalue weighted by Gasteiger charge is -2.34. The molecule has 124 valence electrons. The van der Waals surface area contributed by atoms with Gasteiger partial charge in [0.1, 0.15) is 0 Å². The molecular weight excluding hydrogens is 311 g/mol. The van der Waals surface area contributed by atoms with Gasteiger partial charge in [-0.25, -0.2) is 0 Å². The summed E-state index contributed by atoms with van der Waals surface area (Å²) in [5.41, 5.74) is 4.67. The van der Waals surface area contributed by atoms with Crippen molar-refractivity contribution in [3.8, 4) is 0 Å². The van der Waals surface area contributed by atoms with Gasteiger partial charge in [0, 0.05) is 30.4 Å². The molecule has 1 aromatic carbocycles. The van der Waals surface area contributed by atoms with Gasteiger partial charge in [-0.3, -0.25) is 9.55 Å². The maximum atomic E-state index is 11.2. The molecule has 3 rings (SSSR count). The number of hydrogen-bond donors (Lipinski definition) is 2. The molecule has 1 saturated heterocycles. The van der Waals surface area contributed by atoms with E-state index >= 15 is 0 Å².